The number of aliphatic carboxylic acids is 1. The standard InChI is InChI=1S/C63H84F2N8O22/c1-4-11-41(58(84)85)89-54-52(81)60(87)95-63(55(54)93-59(86)31-12-7-6-8-13-31)91-43-25-34(20-30(5-2)53(43)94-62-51(80)50(79)46(75)29(3)88-62)56(82)68-18-19-69-57(83)35-23-40(73-27-39(70-71-73)33-15-10-17-37(65)22-33)47(76)42(24-35)90-61-49(78)45(48(77)44(28-74)92-61)72(67)26-38(66)32-14-9-16-36(64)21-32/h6-10,12-17,21-22,26-27,29-30,34-35,40-55,60-63,74-81,87H,4-5,11,18-20,23-25,28,66-67H2,1-3H3,(H,68,82)(H,69,83)(H,84,85)/b38-26-/t29?,30-,34?,35?,40?,41+,42-,43-,44?,45?,46-,47?,48+,49?,50?,51?,52-,53?,54?,55?,60?,61-,62+,63-/m1/s1. The molecule has 2 amide bonds. The van der Waals surface area contributed by atoms with Crippen molar-refractivity contribution >= 4 is 29.5 Å². The van der Waals surface area contributed by atoms with Gasteiger partial charge in [0.25, 0.3) is 0 Å². The molecule has 1 aromatic heterocycles. The monoisotopic (exact) mass is 1340 g/mol. The summed E-state index contributed by atoms with van der Waals surface area (Å²) in [7, 11) is 0. The zero-order chi connectivity index (χ0) is 68.5. The Bertz CT molecular complexity index is 3240. The molecule has 16 N–H and O–H groups in total. The van der Waals surface area contributed by atoms with E-state index < -0.39 is 189 Å². The summed E-state index contributed by atoms with van der Waals surface area (Å²) >= 11 is 0. The predicted octanol–water partition coefficient (Wildman–Crippen LogP) is -0.973. The maximum Gasteiger partial charge on any atom is 0.338 e. The van der Waals surface area contributed by atoms with Crippen LogP contribution in [-0.2, 0) is 52.3 Å². The number of carboxylic acids is 1. The fourth-order valence-corrected chi connectivity index (χ4v) is 12.8. The van der Waals surface area contributed by atoms with Gasteiger partial charge >= 0.3 is 11.9 Å². The van der Waals surface area contributed by atoms with E-state index in [0.717, 1.165) is 17.3 Å². The molecule has 95 heavy (non-hydrogen) atoms. The maximum absolute atomic E-state index is 14.5. The molecule has 3 aliphatic heterocycles. The number of aliphatic hydroxyl groups is 9. The van der Waals surface area contributed by atoms with Gasteiger partial charge in [0.1, 0.15) is 78.3 Å². The lowest BCUT2D eigenvalue weighted by atomic mass is 9.75. The molecular weight excluding hydrogens is 1260 g/mol. The fourth-order valence-electron chi connectivity index (χ4n) is 12.8. The summed E-state index contributed by atoms with van der Waals surface area (Å²) in [5.41, 5.74) is 6.96. The highest BCUT2D eigenvalue weighted by Gasteiger charge is 2.55. The number of hydrogen-bond acceptors (Lipinski definition) is 26. The van der Waals surface area contributed by atoms with Gasteiger partial charge in [0.05, 0.1) is 54.5 Å². The summed E-state index contributed by atoms with van der Waals surface area (Å²) in [5.74, 6) is -0.983. The van der Waals surface area contributed by atoms with Crippen LogP contribution in [0.25, 0.3) is 17.0 Å². The number of halogens is 2. The van der Waals surface area contributed by atoms with Gasteiger partial charge in [0, 0.05) is 42.3 Å². The minimum atomic E-state index is -2.13. The molecular formula is C63H84F2N8O22. The van der Waals surface area contributed by atoms with Gasteiger partial charge in [-0.3, -0.25) is 9.59 Å². The molecule has 0 bridgehead atoms. The summed E-state index contributed by atoms with van der Waals surface area (Å²) in [6, 6.07) is 15.7. The number of hydrazine groups is 1. The average molecular weight is 1340 g/mol. The number of nitrogens with two attached hydrogens (primary N) is 2. The van der Waals surface area contributed by atoms with Crippen molar-refractivity contribution in [2.45, 2.75) is 195 Å². The molecule has 0 radical (unpaired) electrons. The van der Waals surface area contributed by atoms with E-state index in [9.17, 15) is 79.0 Å². The van der Waals surface area contributed by atoms with Crippen molar-refractivity contribution in [2.75, 3.05) is 19.7 Å². The SMILES string of the molecule is CCC[C@H](OC1C(OC(=O)c2ccccc2)[C@H](O[C@@H]2CC(C(=O)NCCNC(=O)C3CC(n4cc(-c5cccc(F)c5)nn4)C(O)[C@H](O[C@@H]4OC(CO)[C@H](O)C(N(N)/C=C(\N)c5cccc(F)c5)C4O)C3)C[C@@H](CC)C2O[C@@H]2OC(C)[C@@H](O)C(O)C2O)OC(O)[C@@H]1O)C(=O)O. The van der Waals surface area contributed by atoms with Crippen LogP contribution in [0.2, 0.25) is 0 Å². The maximum atomic E-state index is 14.5. The lowest BCUT2D eigenvalue weighted by Gasteiger charge is -2.48. The van der Waals surface area contributed by atoms with E-state index in [-0.39, 0.29) is 74.1 Å². The molecule has 0 spiro atoms. The normalized spacial score (nSPS) is 34.8. The summed E-state index contributed by atoms with van der Waals surface area (Å²) in [6.07, 6.45) is -28.5. The molecule has 3 aromatic carbocycles. The van der Waals surface area contributed by atoms with Crippen LogP contribution in [0.4, 0.5) is 8.78 Å². The molecule has 30 nitrogen and oxygen atoms in total. The van der Waals surface area contributed by atoms with E-state index in [1.165, 1.54) is 66.3 Å². The number of rotatable bonds is 25. The first-order valence-electron chi connectivity index (χ1n) is 31.5. The van der Waals surface area contributed by atoms with Gasteiger partial charge in [-0.15, -0.1) is 5.10 Å². The third-order valence-corrected chi connectivity index (χ3v) is 18.0. The smallest absolute Gasteiger partial charge is 0.338 e. The van der Waals surface area contributed by atoms with E-state index in [4.69, 9.17) is 49.5 Å². The number of nitrogens with zero attached hydrogens (tertiary/aromatic N) is 4. The van der Waals surface area contributed by atoms with Crippen LogP contribution in [0.15, 0.2) is 91.3 Å². The Hall–Kier alpha value is -6.80. The summed E-state index contributed by atoms with van der Waals surface area (Å²) in [4.78, 5) is 55.2. The highest BCUT2D eigenvalue weighted by atomic mass is 19.1. The second-order valence-electron chi connectivity index (χ2n) is 24.4. The van der Waals surface area contributed by atoms with Crippen LogP contribution < -0.4 is 22.2 Å². The molecule has 24 atom stereocenters. The Labute approximate surface area is 544 Å². The molecule has 4 heterocycles. The van der Waals surface area contributed by atoms with Crippen LogP contribution in [0.3, 0.4) is 0 Å². The van der Waals surface area contributed by atoms with Crippen LogP contribution in [0, 0.1) is 29.4 Å². The van der Waals surface area contributed by atoms with Crippen molar-refractivity contribution in [3.63, 3.8) is 0 Å². The van der Waals surface area contributed by atoms with Gasteiger partial charge in [-0.1, -0.05) is 74.4 Å². The topological polar surface area (TPSA) is 454 Å². The van der Waals surface area contributed by atoms with Crippen LogP contribution >= 0.6 is 0 Å². The quantitative estimate of drug-likeness (QED) is 0.0164. The van der Waals surface area contributed by atoms with Crippen molar-refractivity contribution < 1.29 is 117 Å². The second-order valence-corrected chi connectivity index (χ2v) is 24.4. The predicted molar refractivity (Wildman–Crippen MR) is 323 cm³/mol. The second kappa shape index (κ2) is 32.5. The minimum Gasteiger partial charge on any atom is -0.479 e. The fraction of sp³-hybridized carbons (Fsp3) is 0.587. The minimum absolute atomic E-state index is 0.0235. The molecule has 14 unspecified atom stereocenters. The first-order valence-corrected chi connectivity index (χ1v) is 31.5. The van der Waals surface area contributed by atoms with Crippen molar-refractivity contribution in [3.8, 4) is 11.3 Å². The molecule has 9 rings (SSSR count). The van der Waals surface area contributed by atoms with Crippen molar-refractivity contribution in [1.82, 2.24) is 30.6 Å². The number of carbonyl (C=O) groups is 4. The third-order valence-electron chi connectivity index (χ3n) is 18.0. The number of benzene rings is 3. The third kappa shape index (κ3) is 17.1. The molecule has 2 aliphatic carbocycles. The van der Waals surface area contributed by atoms with Crippen LogP contribution in [0.1, 0.15) is 87.7 Å². The average Bonchev–Trinajstić information content (AvgIpc) is 1.25. The van der Waals surface area contributed by atoms with Crippen LogP contribution in [0.5, 0.6) is 0 Å². The number of aromatic nitrogens is 3. The van der Waals surface area contributed by atoms with Crippen molar-refractivity contribution in [1.29, 1.82) is 0 Å². The largest absolute Gasteiger partial charge is 0.479 e. The first-order chi connectivity index (χ1) is 45.4. The van der Waals surface area contributed by atoms with Gasteiger partial charge in [-0.05, 0) is 81.3 Å². The Morgan fingerprint density at radius 1 is 0.716 bits per heavy atom. The molecule has 522 valence electrons. The zero-order valence-electron chi connectivity index (χ0n) is 52.2. The van der Waals surface area contributed by atoms with Crippen molar-refractivity contribution in [3.05, 3.63) is 114 Å². The van der Waals surface area contributed by atoms with E-state index >= 15 is 0 Å². The highest BCUT2D eigenvalue weighted by molar-refractivity contribution is 5.89. The number of carbonyl (C=O) groups excluding carboxylic acids is 3. The number of carboxylic acid groups (broad SMARTS) is 1. The van der Waals surface area contributed by atoms with Gasteiger partial charge < -0.3 is 110 Å². The van der Waals surface area contributed by atoms with Crippen LogP contribution in [-0.4, -0.2) is 237 Å². The Kier molecular flexibility index (Phi) is 24.8. The summed E-state index contributed by atoms with van der Waals surface area (Å²) < 4.78 is 78.5. The van der Waals surface area contributed by atoms with Crippen molar-refractivity contribution in [2.24, 2.45) is 29.3 Å². The molecule has 32 heteroatoms. The Morgan fingerprint density at radius 3 is 2.01 bits per heavy atom. The number of esters is 1. The zero-order valence-corrected chi connectivity index (χ0v) is 52.2. The number of hydrogen-bond donors (Lipinski definition) is 14. The van der Waals surface area contributed by atoms with Gasteiger partial charge in [-0.2, -0.15) is 0 Å². The number of nitrogens with one attached hydrogen (secondary N) is 2. The highest BCUT2D eigenvalue weighted by Crippen LogP contribution is 2.42. The lowest BCUT2D eigenvalue weighted by molar-refractivity contribution is -0.370. The van der Waals surface area contributed by atoms with Gasteiger partial charge in [0.15, 0.2) is 31.1 Å². The van der Waals surface area contributed by atoms with E-state index in [2.05, 4.69) is 20.9 Å². The lowest BCUT2D eigenvalue weighted by Crippen LogP contribution is -2.66. The number of aliphatic hydroxyl groups excluding tert-OH is 9. The molecule has 3 saturated heterocycles. The summed E-state index contributed by atoms with van der Waals surface area (Å²) in [5, 5.41) is 126. The van der Waals surface area contributed by atoms with E-state index in [1.807, 2.05) is 0 Å². The summed E-state index contributed by atoms with van der Waals surface area (Å²) in [6.45, 7) is 3.72. The van der Waals surface area contributed by atoms with E-state index in [1.54, 1.807) is 38.1 Å². The first kappa shape index (κ1) is 72.5. The molecule has 4 aromatic rings. The molecule has 5 aliphatic rings. The Morgan fingerprint density at radius 2 is 1.36 bits per heavy atom. The Balaban J connectivity index is 0.929. The number of ether oxygens (including phenoxy) is 8. The van der Waals surface area contributed by atoms with Gasteiger partial charge in [0.2, 0.25) is 18.1 Å². The molecule has 2 saturated carbocycles. The van der Waals surface area contributed by atoms with E-state index in [0.29, 0.717) is 12.0 Å². The number of amides is 2. The molecule has 5 fully saturated rings. The van der Waals surface area contributed by atoms with Gasteiger partial charge in [-0.25, -0.2) is 28.9 Å².